The third-order valence-corrected chi connectivity index (χ3v) is 4.12. The lowest BCUT2D eigenvalue weighted by Crippen LogP contribution is -2.42. The summed E-state index contributed by atoms with van der Waals surface area (Å²) >= 11 is 0. The average molecular weight is 296 g/mol. The number of hydrogen-bond donors (Lipinski definition) is 2. The molecule has 3 rings (SSSR count). The Hall–Kier alpha value is -2.23. The molecule has 22 heavy (non-hydrogen) atoms. The SMILES string of the molecule is CN=C(NCCCn1ccc2ccccc21)NC1CC=CC1. The summed E-state index contributed by atoms with van der Waals surface area (Å²) in [6.45, 7) is 1.94. The summed E-state index contributed by atoms with van der Waals surface area (Å²) in [5, 5.41) is 8.17. The van der Waals surface area contributed by atoms with Gasteiger partial charge in [0.25, 0.3) is 0 Å². The molecule has 1 aromatic carbocycles. The highest BCUT2D eigenvalue weighted by molar-refractivity contribution is 5.80. The largest absolute Gasteiger partial charge is 0.356 e. The van der Waals surface area contributed by atoms with Gasteiger partial charge in [0.2, 0.25) is 0 Å². The number of nitrogens with one attached hydrogen (secondary N) is 2. The molecular formula is C18H24N4. The summed E-state index contributed by atoms with van der Waals surface area (Å²) in [7, 11) is 1.83. The lowest BCUT2D eigenvalue weighted by Gasteiger charge is -2.17. The topological polar surface area (TPSA) is 41.4 Å². The monoisotopic (exact) mass is 296 g/mol. The molecule has 0 radical (unpaired) electrons. The van der Waals surface area contributed by atoms with Crippen LogP contribution in [0.25, 0.3) is 10.9 Å². The van der Waals surface area contributed by atoms with Crippen LogP contribution < -0.4 is 10.6 Å². The van der Waals surface area contributed by atoms with Crippen LogP contribution in [0.1, 0.15) is 19.3 Å². The molecule has 4 nitrogen and oxygen atoms in total. The van der Waals surface area contributed by atoms with E-state index in [2.05, 4.69) is 68.9 Å². The molecule has 0 aliphatic heterocycles. The van der Waals surface area contributed by atoms with Crippen LogP contribution in [-0.2, 0) is 6.54 Å². The molecule has 4 heteroatoms. The lowest BCUT2D eigenvalue weighted by atomic mass is 10.2. The Bertz CT molecular complexity index is 661. The molecule has 0 spiro atoms. The van der Waals surface area contributed by atoms with Gasteiger partial charge in [-0.05, 0) is 36.8 Å². The van der Waals surface area contributed by atoms with Gasteiger partial charge in [0.05, 0.1) is 0 Å². The third-order valence-electron chi connectivity index (χ3n) is 4.12. The molecule has 0 amide bonds. The van der Waals surface area contributed by atoms with Gasteiger partial charge in [-0.1, -0.05) is 30.4 Å². The Morgan fingerprint density at radius 3 is 2.86 bits per heavy atom. The first-order valence-corrected chi connectivity index (χ1v) is 8.03. The van der Waals surface area contributed by atoms with E-state index in [4.69, 9.17) is 0 Å². The van der Waals surface area contributed by atoms with Gasteiger partial charge >= 0.3 is 0 Å². The fourth-order valence-corrected chi connectivity index (χ4v) is 2.91. The third kappa shape index (κ3) is 3.50. The summed E-state index contributed by atoms with van der Waals surface area (Å²) in [4.78, 5) is 4.30. The van der Waals surface area contributed by atoms with Gasteiger partial charge < -0.3 is 15.2 Å². The fourth-order valence-electron chi connectivity index (χ4n) is 2.91. The number of benzene rings is 1. The highest BCUT2D eigenvalue weighted by atomic mass is 15.2. The predicted octanol–water partition coefficient (Wildman–Crippen LogP) is 2.92. The van der Waals surface area contributed by atoms with E-state index in [0.29, 0.717) is 6.04 Å². The van der Waals surface area contributed by atoms with Crippen molar-refractivity contribution >= 4 is 16.9 Å². The maximum absolute atomic E-state index is 4.30. The number of rotatable bonds is 5. The first-order chi connectivity index (χ1) is 10.9. The highest BCUT2D eigenvalue weighted by Crippen LogP contribution is 2.15. The minimum absolute atomic E-state index is 0.500. The van der Waals surface area contributed by atoms with Crippen molar-refractivity contribution in [2.45, 2.75) is 31.8 Å². The second-order valence-electron chi connectivity index (χ2n) is 5.70. The van der Waals surface area contributed by atoms with E-state index in [9.17, 15) is 0 Å². The highest BCUT2D eigenvalue weighted by Gasteiger charge is 2.11. The molecule has 0 atom stereocenters. The van der Waals surface area contributed by atoms with Gasteiger partial charge in [-0.15, -0.1) is 0 Å². The van der Waals surface area contributed by atoms with Crippen molar-refractivity contribution in [3.63, 3.8) is 0 Å². The molecule has 2 aromatic rings. The zero-order valence-corrected chi connectivity index (χ0v) is 13.1. The van der Waals surface area contributed by atoms with E-state index >= 15 is 0 Å². The van der Waals surface area contributed by atoms with Crippen molar-refractivity contribution in [3.8, 4) is 0 Å². The fraction of sp³-hybridized carbons (Fsp3) is 0.389. The summed E-state index contributed by atoms with van der Waals surface area (Å²) in [5.74, 6) is 0.908. The maximum Gasteiger partial charge on any atom is 0.191 e. The number of fused-ring (bicyclic) bond motifs is 1. The van der Waals surface area contributed by atoms with Crippen LogP contribution in [-0.4, -0.2) is 30.2 Å². The van der Waals surface area contributed by atoms with Crippen LogP contribution >= 0.6 is 0 Å². The van der Waals surface area contributed by atoms with Gasteiger partial charge in [-0.3, -0.25) is 4.99 Å². The molecule has 116 valence electrons. The summed E-state index contributed by atoms with van der Waals surface area (Å²) in [6.07, 6.45) is 9.88. The van der Waals surface area contributed by atoms with Crippen molar-refractivity contribution in [2.75, 3.05) is 13.6 Å². The average Bonchev–Trinajstić information content (AvgIpc) is 3.20. The van der Waals surface area contributed by atoms with Gasteiger partial charge in [0, 0.05) is 37.9 Å². The van der Waals surface area contributed by atoms with Gasteiger partial charge in [-0.2, -0.15) is 0 Å². The van der Waals surface area contributed by atoms with Crippen molar-refractivity contribution in [1.29, 1.82) is 0 Å². The standard InChI is InChI=1S/C18H24N4/c1-19-18(21-16-8-3-4-9-16)20-12-6-13-22-14-11-15-7-2-5-10-17(15)22/h2-5,7,10-11,14,16H,6,8-9,12-13H2,1H3,(H2,19,20,21). The molecule has 1 aliphatic rings. The molecule has 2 N–H and O–H groups in total. The smallest absolute Gasteiger partial charge is 0.191 e. The molecule has 0 saturated heterocycles. The molecule has 1 aromatic heterocycles. The Kier molecular flexibility index (Phi) is 4.78. The van der Waals surface area contributed by atoms with Crippen LogP contribution in [0.4, 0.5) is 0 Å². The predicted molar refractivity (Wildman–Crippen MR) is 93.2 cm³/mol. The molecule has 1 heterocycles. The van der Waals surface area contributed by atoms with E-state index in [0.717, 1.165) is 38.3 Å². The molecule has 0 unspecified atom stereocenters. The summed E-state index contributed by atoms with van der Waals surface area (Å²) < 4.78 is 2.31. The van der Waals surface area contributed by atoms with Gasteiger partial charge in [0.1, 0.15) is 0 Å². The number of aromatic nitrogens is 1. The summed E-state index contributed by atoms with van der Waals surface area (Å²) in [6, 6.07) is 11.2. The molecule has 0 fully saturated rings. The van der Waals surface area contributed by atoms with E-state index in [1.165, 1.54) is 10.9 Å². The van der Waals surface area contributed by atoms with E-state index in [1.807, 2.05) is 7.05 Å². The molecule has 0 saturated carbocycles. The van der Waals surface area contributed by atoms with Crippen LogP contribution in [0.3, 0.4) is 0 Å². The van der Waals surface area contributed by atoms with Gasteiger partial charge in [-0.25, -0.2) is 0 Å². The number of aliphatic imine (C=N–C) groups is 1. The summed E-state index contributed by atoms with van der Waals surface area (Å²) in [5.41, 5.74) is 1.31. The lowest BCUT2D eigenvalue weighted by molar-refractivity contribution is 0.610. The molecule has 0 bridgehead atoms. The van der Waals surface area contributed by atoms with E-state index in [-0.39, 0.29) is 0 Å². The Balaban J connectivity index is 1.44. The zero-order chi connectivity index (χ0) is 15.2. The number of guanidine groups is 1. The van der Waals surface area contributed by atoms with Gasteiger partial charge in [0.15, 0.2) is 5.96 Å². The van der Waals surface area contributed by atoms with Crippen molar-refractivity contribution in [3.05, 3.63) is 48.7 Å². The maximum atomic E-state index is 4.30. The first-order valence-electron chi connectivity index (χ1n) is 8.03. The van der Waals surface area contributed by atoms with Crippen molar-refractivity contribution in [2.24, 2.45) is 4.99 Å². The Morgan fingerprint density at radius 2 is 2.05 bits per heavy atom. The number of para-hydroxylation sites is 1. The normalized spacial score (nSPS) is 15.6. The second-order valence-corrected chi connectivity index (χ2v) is 5.70. The minimum atomic E-state index is 0.500. The second kappa shape index (κ2) is 7.16. The van der Waals surface area contributed by atoms with E-state index in [1.54, 1.807) is 0 Å². The van der Waals surface area contributed by atoms with Crippen LogP contribution in [0.2, 0.25) is 0 Å². The van der Waals surface area contributed by atoms with Crippen molar-refractivity contribution < 1.29 is 0 Å². The molecular weight excluding hydrogens is 272 g/mol. The zero-order valence-electron chi connectivity index (χ0n) is 13.1. The Labute approximate surface area is 131 Å². The number of aryl methyl sites for hydroxylation is 1. The minimum Gasteiger partial charge on any atom is -0.356 e. The first kappa shape index (κ1) is 14.7. The number of nitrogens with zero attached hydrogens (tertiary/aromatic N) is 2. The van der Waals surface area contributed by atoms with Crippen LogP contribution in [0, 0.1) is 0 Å². The Morgan fingerprint density at radius 1 is 1.23 bits per heavy atom. The number of hydrogen-bond acceptors (Lipinski definition) is 1. The molecule has 1 aliphatic carbocycles. The van der Waals surface area contributed by atoms with Crippen LogP contribution in [0.15, 0.2) is 53.7 Å². The van der Waals surface area contributed by atoms with Crippen molar-refractivity contribution in [1.82, 2.24) is 15.2 Å². The van der Waals surface area contributed by atoms with E-state index < -0.39 is 0 Å². The quantitative estimate of drug-likeness (QED) is 0.385. The van der Waals surface area contributed by atoms with Crippen LogP contribution in [0.5, 0.6) is 0 Å².